The molecule has 5 nitrogen and oxygen atoms in total. The first-order valence-corrected chi connectivity index (χ1v) is 6.56. The highest BCUT2D eigenvalue weighted by Gasteiger charge is 2.27. The predicted molar refractivity (Wildman–Crippen MR) is 77.0 cm³/mol. The molecule has 2 aromatic heterocycles. The molecule has 0 bridgehead atoms. The zero-order valence-electron chi connectivity index (χ0n) is 11.3. The SMILES string of the molecule is Cc1ccc(C(C)(O)CNC(=O)c2ccc[nH]c2=S)o1. The minimum Gasteiger partial charge on any atom is -0.463 e. The Morgan fingerprint density at radius 2 is 2.25 bits per heavy atom. The molecule has 1 amide bonds. The number of aliphatic hydroxyl groups is 1. The lowest BCUT2D eigenvalue weighted by molar-refractivity contribution is 0.0323. The number of aromatic nitrogens is 1. The monoisotopic (exact) mass is 292 g/mol. The van der Waals surface area contributed by atoms with Crippen molar-refractivity contribution in [2.75, 3.05) is 6.54 Å². The smallest absolute Gasteiger partial charge is 0.254 e. The van der Waals surface area contributed by atoms with Gasteiger partial charge in [0.05, 0.1) is 12.1 Å². The summed E-state index contributed by atoms with van der Waals surface area (Å²) in [6.45, 7) is 3.40. The van der Waals surface area contributed by atoms with Crippen molar-refractivity contribution < 1.29 is 14.3 Å². The summed E-state index contributed by atoms with van der Waals surface area (Å²) in [7, 11) is 0. The van der Waals surface area contributed by atoms with Crippen molar-refractivity contribution in [2.45, 2.75) is 19.4 Å². The van der Waals surface area contributed by atoms with Crippen molar-refractivity contribution in [3.8, 4) is 0 Å². The lowest BCUT2D eigenvalue weighted by atomic mass is 10.0. The van der Waals surface area contributed by atoms with E-state index >= 15 is 0 Å². The predicted octanol–water partition coefficient (Wildman–Crippen LogP) is 2.28. The van der Waals surface area contributed by atoms with Crippen molar-refractivity contribution in [2.24, 2.45) is 0 Å². The molecule has 0 aliphatic rings. The van der Waals surface area contributed by atoms with Gasteiger partial charge in [-0.15, -0.1) is 0 Å². The first-order chi connectivity index (χ1) is 9.40. The van der Waals surface area contributed by atoms with Gasteiger partial charge in [-0.05, 0) is 38.1 Å². The first kappa shape index (κ1) is 14.5. The quantitative estimate of drug-likeness (QED) is 0.755. The van der Waals surface area contributed by atoms with E-state index in [1.54, 1.807) is 44.3 Å². The Bertz CT molecular complexity index is 673. The summed E-state index contributed by atoms with van der Waals surface area (Å²) in [6.07, 6.45) is 1.65. The number of aromatic amines is 1. The van der Waals surface area contributed by atoms with Gasteiger partial charge < -0.3 is 19.8 Å². The molecular weight excluding hydrogens is 276 g/mol. The highest BCUT2D eigenvalue weighted by molar-refractivity contribution is 7.71. The lowest BCUT2D eigenvalue weighted by Gasteiger charge is -2.21. The Hall–Kier alpha value is -1.92. The summed E-state index contributed by atoms with van der Waals surface area (Å²) in [5, 5.41) is 13.0. The van der Waals surface area contributed by atoms with Crippen LogP contribution in [0.25, 0.3) is 0 Å². The Kier molecular flexibility index (Phi) is 4.06. The molecule has 2 rings (SSSR count). The fraction of sp³-hybridized carbons (Fsp3) is 0.286. The van der Waals surface area contributed by atoms with Gasteiger partial charge in [0.2, 0.25) is 0 Å². The van der Waals surface area contributed by atoms with E-state index in [1.165, 1.54) is 0 Å². The number of H-pyrrole nitrogens is 1. The van der Waals surface area contributed by atoms with E-state index in [4.69, 9.17) is 16.6 Å². The number of aryl methyl sites for hydroxylation is 1. The maximum Gasteiger partial charge on any atom is 0.254 e. The van der Waals surface area contributed by atoms with Crippen LogP contribution >= 0.6 is 12.2 Å². The molecule has 3 N–H and O–H groups in total. The molecule has 0 aliphatic carbocycles. The van der Waals surface area contributed by atoms with Gasteiger partial charge in [0.1, 0.15) is 21.8 Å². The normalized spacial score (nSPS) is 13.8. The van der Waals surface area contributed by atoms with Crippen molar-refractivity contribution >= 4 is 18.1 Å². The molecule has 0 aliphatic heterocycles. The molecule has 20 heavy (non-hydrogen) atoms. The standard InChI is InChI=1S/C14H16N2O3S/c1-9-5-6-11(19-9)14(2,18)8-16-12(17)10-4-3-7-15-13(10)20/h3-7,18H,8H2,1-2H3,(H,15,20)(H,16,17). The van der Waals surface area contributed by atoms with Crippen LogP contribution in [0.2, 0.25) is 0 Å². The van der Waals surface area contributed by atoms with E-state index in [0.29, 0.717) is 21.7 Å². The van der Waals surface area contributed by atoms with Crippen LogP contribution in [0.3, 0.4) is 0 Å². The van der Waals surface area contributed by atoms with Gasteiger partial charge in [-0.1, -0.05) is 12.2 Å². The number of rotatable bonds is 4. The Morgan fingerprint density at radius 1 is 1.50 bits per heavy atom. The molecule has 2 heterocycles. The summed E-state index contributed by atoms with van der Waals surface area (Å²) in [6, 6.07) is 6.77. The van der Waals surface area contributed by atoms with Gasteiger partial charge in [0.15, 0.2) is 0 Å². The van der Waals surface area contributed by atoms with Crippen molar-refractivity contribution in [1.82, 2.24) is 10.3 Å². The van der Waals surface area contributed by atoms with Crippen molar-refractivity contribution in [3.63, 3.8) is 0 Å². The third-order valence-electron chi connectivity index (χ3n) is 2.93. The third kappa shape index (κ3) is 3.15. The van der Waals surface area contributed by atoms with E-state index in [2.05, 4.69) is 10.3 Å². The zero-order chi connectivity index (χ0) is 14.8. The number of nitrogens with one attached hydrogen (secondary N) is 2. The van der Waals surface area contributed by atoms with Gasteiger partial charge in [-0.25, -0.2) is 0 Å². The maximum absolute atomic E-state index is 12.0. The third-order valence-corrected chi connectivity index (χ3v) is 3.26. The summed E-state index contributed by atoms with van der Waals surface area (Å²) in [5.74, 6) is 0.779. The number of hydrogen-bond donors (Lipinski definition) is 3. The summed E-state index contributed by atoms with van der Waals surface area (Å²) >= 11 is 5.04. The molecule has 0 saturated carbocycles. The van der Waals surface area contributed by atoms with Gasteiger partial charge in [-0.2, -0.15) is 0 Å². The number of amides is 1. The minimum absolute atomic E-state index is 0.0302. The van der Waals surface area contributed by atoms with E-state index in [0.717, 1.165) is 0 Å². The van der Waals surface area contributed by atoms with E-state index in [9.17, 15) is 9.90 Å². The molecule has 0 radical (unpaired) electrons. The van der Waals surface area contributed by atoms with Crippen LogP contribution < -0.4 is 5.32 Å². The molecule has 106 valence electrons. The van der Waals surface area contributed by atoms with Gasteiger partial charge in [0, 0.05) is 6.20 Å². The largest absolute Gasteiger partial charge is 0.463 e. The van der Waals surface area contributed by atoms with Crippen LogP contribution in [0.1, 0.15) is 28.8 Å². The van der Waals surface area contributed by atoms with Crippen LogP contribution in [0.4, 0.5) is 0 Å². The van der Waals surface area contributed by atoms with E-state index in [1.807, 2.05) is 0 Å². The highest BCUT2D eigenvalue weighted by Crippen LogP contribution is 2.22. The van der Waals surface area contributed by atoms with Crippen LogP contribution in [0.5, 0.6) is 0 Å². The van der Waals surface area contributed by atoms with Crippen molar-refractivity contribution in [3.05, 3.63) is 52.2 Å². The second kappa shape index (κ2) is 5.60. The molecule has 0 fully saturated rings. The fourth-order valence-electron chi connectivity index (χ4n) is 1.76. The number of hydrogen-bond acceptors (Lipinski definition) is 4. The minimum atomic E-state index is -1.27. The van der Waals surface area contributed by atoms with Gasteiger partial charge in [0.25, 0.3) is 5.91 Å². The number of carbonyl (C=O) groups excluding carboxylic acids is 1. The van der Waals surface area contributed by atoms with Crippen LogP contribution in [0, 0.1) is 11.6 Å². The fourth-order valence-corrected chi connectivity index (χ4v) is 1.99. The Labute approximate surface area is 121 Å². The van der Waals surface area contributed by atoms with Gasteiger partial charge in [-0.3, -0.25) is 4.79 Å². The van der Waals surface area contributed by atoms with E-state index < -0.39 is 5.60 Å². The van der Waals surface area contributed by atoms with Crippen LogP contribution in [0.15, 0.2) is 34.9 Å². The van der Waals surface area contributed by atoms with Crippen molar-refractivity contribution in [1.29, 1.82) is 0 Å². The molecule has 6 heteroatoms. The maximum atomic E-state index is 12.0. The van der Waals surface area contributed by atoms with E-state index in [-0.39, 0.29) is 12.5 Å². The topological polar surface area (TPSA) is 78.3 Å². The average molecular weight is 292 g/mol. The highest BCUT2D eigenvalue weighted by atomic mass is 32.1. The number of carbonyl (C=O) groups is 1. The molecule has 2 aromatic rings. The average Bonchev–Trinajstić information content (AvgIpc) is 2.84. The lowest BCUT2D eigenvalue weighted by Crippen LogP contribution is -2.38. The van der Waals surface area contributed by atoms with Crippen LogP contribution in [-0.4, -0.2) is 22.5 Å². The molecule has 0 saturated heterocycles. The Morgan fingerprint density at radius 3 is 2.85 bits per heavy atom. The summed E-state index contributed by atoms with van der Waals surface area (Å²) in [4.78, 5) is 14.8. The Balaban J connectivity index is 2.07. The molecule has 0 aromatic carbocycles. The molecule has 0 spiro atoms. The first-order valence-electron chi connectivity index (χ1n) is 6.15. The van der Waals surface area contributed by atoms with Crippen LogP contribution in [-0.2, 0) is 5.60 Å². The number of furan rings is 1. The molecule has 1 atom stereocenters. The van der Waals surface area contributed by atoms with Gasteiger partial charge >= 0.3 is 0 Å². The second-order valence-electron chi connectivity index (χ2n) is 4.78. The molecule has 1 unspecified atom stereocenters. The summed E-state index contributed by atoms with van der Waals surface area (Å²) < 4.78 is 5.74. The molecular formula is C14H16N2O3S. The summed E-state index contributed by atoms with van der Waals surface area (Å²) in [5.41, 5.74) is -0.904. The number of pyridine rings is 1. The second-order valence-corrected chi connectivity index (χ2v) is 5.19. The zero-order valence-corrected chi connectivity index (χ0v) is 12.1.